The summed E-state index contributed by atoms with van der Waals surface area (Å²) in [5, 5.41) is 3.59. The van der Waals surface area contributed by atoms with Crippen LogP contribution in [0, 0.1) is 0 Å². The number of rotatable bonds is 4. The molecule has 0 unspecified atom stereocenters. The van der Waals surface area contributed by atoms with Crippen LogP contribution in [0.15, 0.2) is 24.3 Å². The molecule has 1 saturated carbocycles. The predicted octanol–water partition coefficient (Wildman–Crippen LogP) is 3.83. The van der Waals surface area contributed by atoms with Crippen molar-refractivity contribution in [1.82, 2.24) is 0 Å². The normalized spacial score (nSPS) is 16.7. The van der Waals surface area contributed by atoms with E-state index in [1.54, 1.807) is 0 Å². The maximum atomic E-state index is 5.79. The Kier molecular flexibility index (Phi) is 3.70. The number of para-hydroxylation sites is 2. The molecule has 0 atom stereocenters. The smallest absolute Gasteiger partial charge is 0.142 e. The van der Waals surface area contributed by atoms with Gasteiger partial charge in [-0.3, -0.25) is 0 Å². The molecule has 1 aromatic carbocycles. The lowest BCUT2D eigenvalue weighted by Crippen LogP contribution is -2.16. The molecule has 0 aliphatic heterocycles. The van der Waals surface area contributed by atoms with Gasteiger partial charge >= 0.3 is 0 Å². The molecular formula is C14H21NO. The van der Waals surface area contributed by atoms with Gasteiger partial charge < -0.3 is 10.1 Å². The van der Waals surface area contributed by atoms with E-state index in [0.717, 1.165) is 11.4 Å². The highest BCUT2D eigenvalue weighted by Gasteiger charge is 2.16. The number of benzene rings is 1. The van der Waals surface area contributed by atoms with Crippen molar-refractivity contribution >= 4 is 5.69 Å². The predicted molar refractivity (Wildman–Crippen MR) is 68.1 cm³/mol. The minimum Gasteiger partial charge on any atom is -0.489 e. The number of hydrogen-bond acceptors (Lipinski definition) is 2. The van der Waals surface area contributed by atoms with Crippen molar-refractivity contribution in [2.24, 2.45) is 0 Å². The summed E-state index contributed by atoms with van der Waals surface area (Å²) in [6, 6.07) is 8.87. The van der Waals surface area contributed by atoms with Gasteiger partial charge in [-0.05, 0) is 38.8 Å². The lowest BCUT2D eigenvalue weighted by molar-refractivity contribution is 0.243. The van der Waals surface area contributed by atoms with Crippen molar-refractivity contribution < 1.29 is 4.74 Å². The highest BCUT2D eigenvalue weighted by atomic mass is 16.5. The Bertz CT molecular complexity index is 329. The molecule has 1 aliphatic rings. The number of nitrogens with one attached hydrogen (secondary N) is 1. The Labute approximate surface area is 98.0 Å². The summed E-state index contributed by atoms with van der Waals surface area (Å²) in [5.41, 5.74) is 1.14. The number of ether oxygens (including phenoxy) is 1. The average molecular weight is 219 g/mol. The molecule has 88 valence electrons. The molecule has 16 heavy (non-hydrogen) atoms. The number of anilines is 1. The topological polar surface area (TPSA) is 21.3 Å². The van der Waals surface area contributed by atoms with E-state index < -0.39 is 0 Å². The maximum absolute atomic E-state index is 5.79. The summed E-state index contributed by atoms with van der Waals surface area (Å²) in [7, 11) is 0. The highest BCUT2D eigenvalue weighted by molar-refractivity contribution is 5.56. The fraction of sp³-hybridized carbons (Fsp3) is 0.571. The molecule has 0 aromatic heterocycles. The zero-order chi connectivity index (χ0) is 11.4. The molecule has 0 radical (unpaired) electrons. The van der Waals surface area contributed by atoms with E-state index in [4.69, 9.17) is 4.74 Å². The summed E-state index contributed by atoms with van der Waals surface area (Å²) in [4.78, 5) is 0. The van der Waals surface area contributed by atoms with Gasteiger partial charge in [0.15, 0.2) is 0 Å². The van der Waals surface area contributed by atoms with Gasteiger partial charge in [-0.2, -0.15) is 0 Å². The van der Waals surface area contributed by atoms with Gasteiger partial charge in [-0.15, -0.1) is 0 Å². The van der Waals surface area contributed by atoms with Crippen LogP contribution in [0.2, 0.25) is 0 Å². The van der Waals surface area contributed by atoms with E-state index >= 15 is 0 Å². The van der Waals surface area contributed by atoms with Gasteiger partial charge in [0.1, 0.15) is 5.75 Å². The van der Waals surface area contributed by atoms with Crippen LogP contribution in [0.3, 0.4) is 0 Å². The lowest BCUT2D eigenvalue weighted by atomic mass is 10.2. The monoisotopic (exact) mass is 219 g/mol. The van der Waals surface area contributed by atoms with E-state index in [-0.39, 0.29) is 6.10 Å². The van der Waals surface area contributed by atoms with Gasteiger partial charge in [0, 0.05) is 6.04 Å². The Morgan fingerprint density at radius 2 is 1.88 bits per heavy atom. The largest absolute Gasteiger partial charge is 0.489 e. The maximum Gasteiger partial charge on any atom is 0.142 e. The summed E-state index contributed by atoms with van der Waals surface area (Å²) >= 11 is 0. The van der Waals surface area contributed by atoms with E-state index in [0.29, 0.717) is 6.04 Å². The van der Waals surface area contributed by atoms with Crippen LogP contribution >= 0.6 is 0 Å². The van der Waals surface area contributed by atoms with Crippen LogP contribution in [-0.2, 0) is 0 Å². The zero-order valence-corrected chi connectivity index (χ0v) is 10.2. The first-order chi connectivity index (χ1) is 7.75. The second-order valence-corrected chi connectivity index (χ2v) is 4.79. The molecule has 0 bridgehead atoms. The van der Waals surface area contributed by atoms with Crippen LogP contribution in [0.25, 0.3) is 0 Å². The zero-order valence-electron chi connectivity index (χ0n) is 10.2. The third-order valence-corrected chi connectivity index (χ3v) is 2.96. The van der Waals surface area contributed by atoms with Crippen LogP contribution in [0.5, 0.6) is 5.75 Å². The molecular weight excluding hydrogens is 198 g/mol. The summed E-state index contributed by atoms with van der Waals surface area (Å²) in [6.07, 6.45) is 5.51. The molecule has 2 rings (SSSR count). The Morgan fingerprint density at radius 3 is 2.56 bits per heavy atom. The Morgan fingerprint density at radius 1 is 1.19 bits per heavy atom. The number of hydrogen-bond donors (Lipinski definition) is 1. The molecule has 0 saturated heterocycles. The van der Waals surface area contributed by atoms with Gasteiger partial charge in [-0.25, -0.2) is 0 Å². The molecule has 1 aliphatic carbocycles. The lowest BCUT2D eigenvalue weighted by Gasteiger charge is -2.18. The van der Waals surface area contributed by atoms with Crippen molar-refractivity contribution in [3.05, 3.63) is 24.3 Å². The average Bonchev–Trinajstić information content (AvgIpc) is 2.73. The molecule has 1 N–H and O–H groups in total. The van der Waals surface area contributed by atoms with Gasteiger partial charge in [0.25, 0.3) is 0 Å². The SMILES string of the molecule is CC(C)Oc1ccccc1NC1CCCC1. The van der Waals surface area contributed by atoms with E-state index in [9.17, 15) is 0 Å². The first kappa shape index (κ1) is 11.3. The fourth-order valence-corrected chi connectivity index (χ4v) is 2.23. The van der Waals surface area contributed by atoms with Crippen molar-refractivity contribution in [1.29, 1.82) is 0 Å². The standard InChI is InChI=1S/C14H21NO/c1-11(2)16-14-10-6-5-9-13(14)15-12-7-3-4-8-12/h5-6,9-12,15H,3-4,7-8H2,1-2H3. The van der Waals surface area contributed by atoms with Crippen molar-refractivity contribution in [3.8, 4) is 5.75 Å². The summed E-state index contributed by atoms with van der Waals surface area (Å²) in [5.74, 6) is 0.976. The fourth-order valence-electron chi connectivity index (χ4n) is 2.23. The molecule has 2 heteroatoms. The summed E-state index contributed by atoms with van der Waals surface area (Å²) in [6.45, 7) is 4.12. The van der Waals surface area contributed by atoms with Crippen LogP contribution in [0.1, 0.15) is 39.5 Å². The third-order valence-electron chi connectivity index (χ3n) is 2.96. The van der Waals surface area contributed by atoms with Crippen molar-refractivity contribution in [2.75, 3.05) is 5.32 Å². The molecule has 2 nitrogen and oxygen atoms in total. The van der Waals surface area contributed by atoms with Gasteiger partial charge in [-0.1, -0.05) is 25.0 Å². The van der Waals surface area contributed by atoms with E-state index in [1.165, 1.54) is 25.7 Å². The van der Waals surface area contributed by atoms with Gasteiger partial charge in [0.2, 0.25) is 0 Å². The van der Waals surface area contributed by atoms with E-state index in [1.807, 2.05) is 12.1 Å². The van der Waals surface area contributed by atoms with Gasteiger partial charge in [0.05, 0.1) is 11.8 Å². The van der Waals surface area contributed by atoms with Crippen molar-refractivity contribution in [2.45, 2.75) is 51.7 Å². The minimum atomic E-state index is 0.228. The Balaban J connectivity index is 2.06. The Hall–Kier alpha value is -1.18. The minimum absolute atomic E-state index is 0.228. The first-order valence-electron chi connectivity index (χ1n) is 6.28. The molecule has 0 spiro atoms. The second kappa shape index (κ2) is 5.24. The van der Waals surface area contributed by atoms with Crippen LogP contribution in [-0.4, -0.2) is 12.1 Å². The van der Waals surface area contributed by atoms with Crippen molar-refractivity contribution in [3.63, 3.8) is 0 Å². The molecule has 1 aromatic rings. The molecule has 0 heterocycles. The second-order valence-electron chi connectivity index (χ2n) is 4.79. The van der Waals surface area contributed by atoms with Crippen LogP contribution in [0.4, 0.5) is 5.69 Å². The van der Waals surface area contributed by atoms with E-state index in [2.05, 4.69) is 31.3 Å². The first-order valence-corrected chi connectivity index (χ1v) is 6.28. The quantitative estimate of drug-likeness (QED) is 0.831. The molecule has 1 fully saturated rings. The highest BCUT2D eigenvalue weighted by Crippen LogP contribution is 2.29. The summed E-state index contributed by atoms with van der Waals surface area (Å²) < 4.78 is 5.79. The molecule has 0 amide bonds. The third kappa shape index (κ3) is 2.91. The van der Waals surface area contributed by atoms with Crippen LogP contribution < -0.4 is 10.1 Å².